The maximum atomic E-state index is 12.2. The number of nitrogens with zero attached hydrogens (tertiary/aromatic N) is 2. The van der Waals surface area contributed by atoms with Gasteiger partial charge >= 0.3 is 6.03 Å². The summed E-state index contributed by atoms with van der Waals surface area (Å²) in [5.74, 6) is -0.281. The summed E-state index contributed by atoms with van der Waals surface area (Å²) in [6, 6.07) is 3.00. The van der Waals surface area contributed by atoms with Crippen molar-refractivity contribution in [3.63, 3.8) is 0 Å². The average molecular weight is 279 g/mol. The first-order chi connectivity index (χ1) is 9.61. The number of hydrogen-bond donors (Lipinski definition) is 1. The normalized spacial score (nSPS) is 15.3. The molecule has 1 saturated heterocycles. The molecule has 0 radical (unpaired) electrons. The molecule has 0 atom stereocenters. The summed E-state index contributed by atoms with van der Waals surface area (Å²) in [5, 5.41) is 2.24. The number of amides is 3. The second kappa shape index (κ2) is 6.33. The van der Waals surface area contributed by atoms with Crippen molar-refractivity contribution in [1.82, 2.24) is 14.8 Å². The van der Waals surface area contributed by atoms with Crippen molar-refractivity contribution in [2.75, 3.05) is 20.3 Å². The van der Waals surface area contributed by atoms with Crippen molar-refractivity contribution in [2.45, 2.75) is 19.5 Å². The molecular formula is C13H17N3O4. The second-order valence-electron chi connectivity index (χ2n) is 4.55. The van der Waals surface area contributed by atoms with Gasteiger partial charge in [0.2, 0.25) is 5.91 Å². The van der Waals surface area contributed by atoms with E-state index >= 15 is 0 Å². The highest BCUT2D eigenvalue weighted by atomic mass is 16.5. The molecule has 2 rings (SSSR count). The predicted molar refractivity (Wildman–Crippen MR) is 71.1 cm³/mol. The Morgan fingerprint density at radius 2 is 2.15 bits per heavy atom. The van der Waals surface area contributed by atoms with E-state index in [9.17, 15) is 14.4 Å². The molecule has 108 valence electrons. The van der Waals surface area contributed by atoms with E-state index in [-0.39, 0.29) is 24.4 Å². The van der Waals surface area contributed by atoms with Gasteiger partial charge in [-0.05, 0) is 6.07 Å². The molecule has 0 aromatic carbocycles. The SMILES string of the molecule is COCCn1cccc(CN2CCC(=O)NC2=O)c1=O. The predicted octanol–water partition coefficient (Wildman–Crippen LogP) is -0.0634. The molecule has 1 aromatic rings. The Hall–Kier alpha value is -2.15. The fourth-order valence-electron chi connectivity index (χ4n) is 2.03. The molecule has 0 saturated carbocycles. The van der Waals surface area contributed by atoms with Crippen LogP contribution in [0.3, 0.4) is 0 Å². The van der Waals surface area contributed by atoms with Crippen LogP contribution < -0.4 is 10.9 Å². The molecule has 1 aliphatic heterocycles. The Balaban J connectivity index is 2.11. The van der Waals surface area contributed by atoms with Crippen molar-refractivity contribution in [3.8, 4) is 0 Å². The lowest BCUT2D eigenvalue weighted by Crippen LogP contribution is -2.49. The zero-order valence-electron chi connectivity index (χ0n) is 11.3. The van der Waals surface area contributed by atoms with Gasteiger partial charge in [-0.25, -0.2) is 4.79 Å². The van der Waals surface area contributed by atoms with Gasteiger partial charge < -0.3 is 14.2 Å². The standard InChI is InChI=1S/C13H17N3O4/c1-20-8-7-15-5-2-3-10(12(15)18)9-16-6-4-11(17)14-13(16)19/h2-3,5H,4,6-9H2,1H3,(H,14,17,19). The zero-order valence-corrected chi connectivity index (χ0v) is 11.3. The topological polar surface area (TPSA) is 80.6 Å². The van der Waals surface area contributed by atoms with Crippen LogP contribution in [0.4, 0.5) is 4.79 Å². The summed E-state index contributed by atoms with van der Waals surface area (Å²) >= 11 is 0. The Labute approximate surface area is 116 Å². The molecule has 1 N–H and O–H groups in total. The third-order valence-electron chi connectivity index (χ3n) is 3.14. The van der Waals surface area contributed by atoms with Crippen molar-refractivity contribution in [2.24, 2.45) is 0 Å². The fraction of sp³-hybridized carbons (Fsp3) is 0.462. The molecule has 1 fully saturated rings. The summed E-state index contributed by atoms with van der Waals surface area (Å²) < 4.78 is 6.50. The van der Waals surface area contributed by atoms with Crippen molar-refractivity contribution in [1.29, 1.82) is 0 Å². The lowest BCUT2D eigenvalue weighted by molar-refractivity contribution is -0.121. The molecule has 7 nitrogen and oxygen atoms in total. The number of hydrogen-bond acceptors (Lipinski definition) is 4. The summed E-state index contributed by atoms with van der Waals surface area (Å²) in [6.45, 7) is 1.44. The number of carbonyl (C=O) groups excluding carboxylic acids is 2. The van der Waals surface area contributed by atoms with Crippen LogP contribution in [0, 0.1) is 0 Å². The Bertz CT molecular complexity index is 567. The Kier molecular flexibility index (Phi) is 4.52. The lowest BCUT2D eigenvalue weighted by Gasteiger charge is -2.26. The van der Waals surface area contributed by atoms with Gasteiger partial charge in [0, 0.05) is 38.4 Å². The van der Waals surface area contributed by atoms with Crippen LogP contribution in [0.1, 0.15) is 12.0 Å². The van der Waals surface area contributed by atoms with Crippen molar-refractivity contribution >= 4 is 11.9 Å². The molecule has 3 amide bonds. The summed E-state index contributed by atoms with van der Waals surface area (Å²) in [5.41, 5.74) is 0.377. The van der Waals surface area contributed by atoms with Gasteiger partial charge in [-0.15, -0.1) is 0 Å². The van der Waals surface area contributed by atoms with Crippen LogP contribution in [-0.2, 0) is 22.6 Å². The Morgan fingerprint density at radius 1 is 1.35 bits per heavy atom. The minimum Gasteiger partial charge on any atom is -0.383 e. The number of carbonyl (C=O) groups is 2. The lowest BCUT2D eigenvalue weighted by atomic mass is 10.2. The van der Waals surface area contributed by atoms with Gasteiger partial charge in [-0.3, -0.25) is 14.9 Å². The van der Waals surface area contributed by atoms with E-state index in [1.54, 1.807) is 30.0 Å². The maximum Gasteiger partial charge on any atom is 0.324 e. The average Bonchev–Trinajstić information content (AvgIpc) is 2.42. The number of urea groups is 1. The first kappa shape index (κ1) is 14.3. The van der Waals surface area contributed by atoms with E-state index in [4.69, 9.17) is 4.74 Å². The molecule has 0 unspecified atom stereocenters. The van der Waals surface area contributed by atoms with Crippen LogP contribution in [0.2, 0.25) is 0 Å². The number of nitrogens with one attached hydrogen (secondary N) is 1. The monoisotopic (exact) mass is 279 g/mol. The molecule has 2 heterocycles. The van der Waals surface area contributed by atoms with E-state index in [1.807, 2.05) is 0 Å². The highest BCUT2D eigenvalue weighted by molar-refractivity contribution is 5.96. The molecular weight excluding hydrogens is 262 g/mol. The number of methoxy groups -OCH3 is 1. The Morgan fingerprint density at radius 3 is 2.85 bits per heavy atom. The van der Waals surface area contributed by atoms with Crippen molar-refractivity contribution < 1.29 is 14.3 Å². The van der Waals surface area contributed by atoms with E-state index in [0.717, 1.165) is 0 Å². The first-order valence-electron chi connectivity index (χ1n) is 6.38. The minimum absolute atomic E-state index is 0.144. The molecule has 0 bridgehead atoms. The van der Waals surface area contributed by atoms with E-state index < -0.39 is 6.03 Å². The van der Waals surface area contributed by atoms with Gasteiger partial charge in [-0.2, -0.15) is 0 Å². The maximum absolute atomic E-state index is 12.2. The number of ether oxygens (including phenoxy) is 1. The van der Waals surface area contributed by atoms with Gasteiger partial charge in [0.25, 0.3) is 5.56 Å². The minimum atomic E-state index is -0.451. The van der Waals surface area contributed by atoms with Gasteiger partial charge in [0.1, 0.15) is 0 Å². The fourth-order valence-corrected chi connectivity index (χ4v) is 2.03. The number of pyridine rings is 1. The van der Waals surface area contributed by atoms with Crippen LogP contribution in [0.25, 0.3) is 0 Å². The highest BCUT2D eigenvalue weighted by Gasteiger charge is 2.23. The molecule has 1 aliphatic rings. The number of imide groups is 1. The van der Waals surface area contributed by atoms with Crippen LogP contribution in [-0.4, -0.2) is 41.7 Å². The van der Waals surface area contributed by atoms with Crippen LogP contribution in [0.15, 0.2) is 23.1 Å². The van der Waals surface area contributed by atoms with Gasteiger partial charge in [-0.1, -0.05) is 6.07 Å². The summed E-state index contributed by atoms with van der Waals surface area (Å²) in [7, 11) is 1.57. The highest BCUT2D eigenvalue weighted by Crippen LogP contribution is 2.05. The van der Waals surface area contributed by atoms with Gasteiger partial charge in [0.05, 0.1) is 13.2 Å². The molecule has 20 heavy (non-hydrogen) atoms. The van der Waals surface area contributed by atoms with Crippen LogP contribution in [0.5, 0.6) is 0 Å². The van der Waals surface area contributed by atoms with Crippen LogP contribution >= 0.6 is 0 Å². The summed E-state index contributed by atoms with van der Waals surface area (Å²) in [6.07, 6.45) is 1.95. The molecule has 0 aliphatic carbocycles. The summed E-state index contributed by atoms with van der Waals surface area (Å²) in [4.78, 5) is 36.4. The third-order valence-corrected chi connectivity index (χ3v) is 3.14. The molecule has 0 spiro atoms. The first-order valence-corrected chi connectivity index (χ1v) is 6.38. The van der Waals surface area contributed by atoms with E-state index in [0.29, 0.717) is 25.3 Å². The quantitative estimate of drug-likeness (QED) is 0.818. The molecule has 7 heteroatoms. The smallest absolute Gasteiger partial charge is 0.324 e. The van der Waals surface area contributed by atoms with E-state index in [1.165, 1.54) is 4.90 Å². The second-order valence-corrected chi connectivity index (χ2v) is 4.55. The third kappa shape index (κ3) is 3.24. The van der Waals surface area contributed by atoms with E-state index in [2.05, 4.69) is 5.32 Å². The number of aromatic nitrogens is 1. The van der Waals surface area contributed by atoms with Crippen molar-refractivity contribution in [3.05, 3.63) is 34.2 Å². The molecule has 1 aromatic heterocycles. The largest absolute Gasteiger partial charge is 0.383 e. The van der Waals surface area contributed by atoms with Gasteiger partial charge in [0.15, 0.2) is 0 Å². The number of rotatable bonds is 5. The zero-order chi connectivity index (χ0) is 14.5.